The summed E-state index contributed by atoms with van der Waals surface area (Å²) < 4.78 is 13.4. The molecule has 0 N–H and O–H groups in total. The second kappa shape index (κ2) is 12.4. The predicted octanol–water partition coefficient (Wildman–Crippen LogP) is 2.09. The first-order chi connectivity index (χ1) is 16.6. The second-order valence-electron chi connectivity index (χ2n) is 9.06. The average molecular weight is 489 g/mol. The highest BCUT2D eigenvalue weighted by molar-refractivity contribution is 7.99. The van der Waals surface area contributed by atoms with Crippen molar-refractivity contribution >= 4 is 23.6 Å². The number of carbonyl (C=O) groups excluding carboxylic acids is 1. The number of hydrogen-bond donors (Lipinski definition) is 0. The number of para-hydroxylation sites is 1. The zero-order valence-electron chi connectivity index (χ0n) is 20.3. The molecule has 1 amide bonds. The van der Waals surface area contributed by atoms with Gasteiger partial charge in [-0.25, -0.2) is 0 Å². The molecular formula is C24H36N6O3S. The molecule has 9 nitrogen and oxygen atoms in total. The highest BCUT2D eigenvalue weighted by Crippen LogP contribution is 2.24. The number of carbonyl (C=O) groups is 1. The molecule has 2 fully saturated rings. The summed E-state index contributed by atoms with van der Waals surface area (Å²) in [5.41, 5.74) is 0. The van der Waals surface area contributed by atoms with E-state index in [2.05, 4.69) is 38.4 Å². The zero-order chi connectivity index (χ0) is 23.8. The van der Waals surface area contributed by atoms with Crippen molar-refractivity contribution in [2.24, 2.45) is 5.92 Å². The normalized spacial score (nSPS) is 17.4. The van der Waals surface area contributed by atoms with Crippen LogP contribution in [-0.2, 0) is 16.1 Å². The number of hydrogen-bond acceptors (Lipinski definition) is 8. The molecule has 2 saturated heterocycles. The minimum Gasteiger partial charge on any atom is -0.492 e. The van der Waals surface area contributed by atoms with E-state index in [9.17, 15) is 4.79 Å². The zero-order valence-corrected chi connectivity index (χ0v) is 21.1. The smallest absolute Gasteiger partial charge is 0.233 e. The molecule has 186 valence electrons. The molecule has 0 unspecified atom stereocenters. The number of amides is 1. The molecular weight excluding hydrogens is 452 g/mol. The van der Waals surface area contributed by atoms with Gasteiger partial charge in [0.25, 0.3) is 0 Å². The van der Waals surface area contributed by atoms with Gasteiger partial charge in [-0.15, -0.1) is 10.2 Å². The number of rotatable bonds is 10. The maximum absolute atomic E-state index is 12.9. The van der Waals surface area contributed by atoms with E-state index in [0.717, 1.165) is 69.2 Å². The topological polar surface area (TPSA) is 76.0 Å². The molecule has 2 aromatic rings. The van der Waals surface area contributed by atoms with Crippen molar-refractivity contribution in [2.75, 3.05) is 76.3 Å². The highest BCUT2D eigenvalue weighted by atomic mass is 32.2. The largest absolute Gasteiger partial charge is 0.492 e. The van der Waals surface area contributed by atoms with Crippen LogP contribution in [0.1, 0.15) is 13.8 Å². The van der Waals surface area contributed by atoms with Crippen molar-refractivity contribution in [1.29, 1.82) is 0 Å². The summed E-state index contributed by atoms with van der Waals surface area (Å²) in [5, 5.41) is 9.72. The molecule has 0 atom stereocenters. The van der Waals surface area contributed by atoms with Gasteiger partial charge in [-0.1, -0.05) is 43.8 Å². The summed E-state index contributed by atoms with van der Waals surface area (Å²) in [5.74, 6) is 2.80. The van der Waals surface area contributed by atoms with Crippen LogP contribution in [-0.4, -0.2) is 102 Å². The Morgan fingerprint density at radius 3 is 2.50 bits per heavy atom. The molecule has 0 aliphatic carbocycles. The number of aromatic nitrogens is 3. The molecule has 2 aliphatic heterocycles. The van der Waals surface area contributed by atoms with E-state index in [1.807, 2.05) is 35.2 Å². The Labute approximate surface area is 206 Å². The number of nitrogens with zero attached hydrogens (tertiary/aromatic N) is 6. The molecule has 0 bridgehead atoms. The van der Waals surface area contributed by atoms with Crippen molar-refractivity contribution in [3.63, 3.8) is 0 Å². The summed E-state index contributed by atoms with van der Waals surface area (Å²) in [6.45, 7) is 13.0. The Morgan fingerprint density at radius 2 is 1.79 bits per heavy atom. The van der Waals surface area contributed by atoms with Crippen molar-refractivity contribution in [2.45, 2.75) is 25.5 Å². The summed E-state index contributed by atoms with van der Waals surface area (Å²) in [6.07, 6.45) is 0. The van der Waals surface area contributed by atoms with Crippen LogP contribution >= 0.6 is 11.8 Å². The van der Waals surface area contributed by atoms with E-state index in [1.54, 1.807) is 0 Å². The monoisotopic (exact) mass is 488 g/mol. The third kappa shape index (κ3) is 6.86. The van der Waals surface area contributed by atoms with E-state index in [1.165, 1.54) is 11.8 Å². The number of piperazine rings is 1. The van der Waals surface area contributed by atoms with E-state index in [0.29, 0.717) is 31.5 Å². The Morgan fingerprint density at radius 1 is 1.06 bits per heavy atom. The second-order valence-corrected chi connectivity index (χ2v) is 10.0. The number of morpholine rings is 1. The van der Waals surface area contributed by atoms with E-state index < -0.39 is 0 Å². The van der Waals surface area contributed by atoms with Gasteiger partial charge >= 0.3 is 0 Å². The summed E-state index contributed by atoms with van der Waals surface area (Å²) >= 11 is 1.49. The molecule has 4 rings (SSSR count). The summed E-state index contributed by atoms with van der Waals surface area (Å²) in [6, 6.07) is 9.89. The van der Waals surface area contributed by atoms with Gasteiger partial charge in [-0.2, -0.15) is 0 Å². The minimum absolute atomic E-state index is 0.164. The van der Waals surface area contributed by atoms with Gasteiger partial charge < -0.3 is 19.3 Å². The SMILES string of the molecule is CC(C)Cn1c(SCC(=O)N2CCN(CCOc3ccccc3)CC2)nnc1N1CCOCC1. The minimum atomic E-state index is 0.164. The van der Waals surface area contributed by atoms with Crippen molar-refractivity contribution in [3.05, 3.63) is 30.3 Å². The molecule has 0 radical (unpaired) electrons. The fourth-order valence-electron chi connectivity index (χ4n) is 4.16. The predicted molar refractivity (Wildman–Crippen MR) is 134 cm³/mol. The average Bonchev–Trinajstić information content (AvgIpc) is 3.26. The van der Waals surface area contributed by atoms with Gasteiger partial charge in [0, 0.05) is 52.4 Å². The first-order valence-corrected chi connectivity index (χ1v) is 13.2. The van der Waals surface area contributed by atoms with Gasteiger partial charge in [-0.3, -0.25) is 14.3 Å². The lowest BCUT2D eigenvalue weighted by atomic mass is 10.2. The lowest BCUT2D eigenvalue weighted by Crippen LogP contribution is -2.50. The van der Waals surface area contributed by atoms with E-state index >= 15 is 0 Å². The highest BCUT2D eigenvalue weighted by Gasteiger charge is 2.24. The van der Waals surface area contributed by atoms with Crippen molar-refractivity contribution in [3.8, 4) is 5.75 Å². The van der Waals surface area contributed by atoms with E-state index in [-0.39, 0.29) is 5.91 Å². The lowest BCUT2D eigenvalue weighted by molar-refractivity contribution is -0.130. The van der Waals surface area contributed by atoms with Crippen LogP contribution in [0.2, 0.25) is 0 Å². The van der Waals surface area contributed by atoms with Crippen LogP contribution in [0.25, 0.3) is 0 Å². The van der Waals surface area contributed by atoms with Crippen LogP contribution in [0.5, 0.6) is 5.75 Å². The standard InChI is InChI=1S/C24H36N6O3S/c1-20(2)18-30-23(29-13-15-32-16-14-29)25-26-24(30)34-19-22(31)28-10-8-27(9-11-28)12-17-33-21-6-4-3-5-7-21/h3-7,20H,8-19H2,1-2H3. The van der Waals surface area contributed by atoms with Crippen LogP contribution in [0, 0.1) is 5.92 Å². The van der Waals surface area contributed by atoms with Gasteiger partial charge in [0.2, 0.25) is 11.9 Å². The molecule has 2 aliphatic rings. The summed E-state index contributed by atoms with van der Waals surface area (Å²) in [4.78, 5) is 19.4. The van der Waals surface area contributed by atoms with Gasteiger partial charge in [-0.05, 0) is 18.1 Å². The quantitative estimate of drug-likeness (QED) is 0.471. The third-order valence-electron chi connectivity index (χ3n) is 6.01. The van der Waals surface area contributed by atoms with Gasteiger partial charge in [0.15, 0.2) is 5.16 Å². The summed E-state index contributed by atoms with van der Waals surface area (Å²) in [7, 11) is 0. The fourth-order valence-corrected chi connectivity index (χ4v) is 5.00. The number of thioether (sulfide) groups is 1. The number of benzene rings is 1. The molecule has 10 heteroatoms. The lowest BCUT2D eigenvalue weighted by Gasteiger charge is -2.34. The molecule has 3 heterocycles. The Bertz CT molecular complexity index is 895. The van der Waals surface area contributed by atoms with Crippen LogP contribution in [0.15, 0.2) is 35.5 Å². The molecule has 1 aromatic heterocycles. The van der Waals surface area contributed by atoms with Crippen LogP contribution in [0.3, 0.4) is 0 Å². The molecule has 34 heavy (non-hydrogen) atoms. The first-order valence-electron chi connectivity index (χ1n) is 12.2. The van der Waals surface area contributed by atoms with Crippen LogP contribution in [0.4, 0.5) is 5.95 Å². The van der Waals surface area contributed by atoms with Crippen molar-refractivity contribution < 1.29 is 14.3 Å². The third-order valence-corrected chi connectivity index (χ3v) is 6.96. The molecule has 1 aromatic carbocycles. The Hall–Kier alpha value is -2.30. The Balaban J connectivity index is 1.23. The fraction of sp³-hybridized carbons (Fsp3) is 0.625. The molecule has 0 spiro atoms. The maximum atomic E-state index is 12.9. The maximum Gasteiger partial charge on any atom is 0.233 e. The number of anilines is 1. The first kappa shape index (κ1) is 24.8. The van der Waals surface area contributed by atoms with Crippen LogP contribution < -0.4 is 9.64 Å². The van der Waals surface area contributed by atoms with E-state index in [4.69, 9.17) is 9.47 Å². The van der Waals surface area contributed by atoms with Gasteiger partial charge in [0.05, 0.1) is 19.0 Å². The number of ether oxygens (including phenoxy) is 2. The van der Waals surface area contributed by atoms with Crippen molar-refractivity contribution in [1.82, 2.24) is 24.6 Å². The molecule has 0 saturated carbocycles. The Kier molecular flexibility index (Phi) is 9.06. The van der Waals surface area contributed by atoms with Gasteiger partial charge in [0.1, 0.15) is 12.4 Å².